The van der Waals surface area contributed by atoms with E-state index in [2.05, 4.69) is 15.0 Å². The first-order valence-electron chi connectivity index (χ1n) is 4.31. The van der Waals surface area contributed by atoms with Gasteiger partial charge in [-0.3, -0.25) is 4.57 Å². The van der Waals surface area contributed by atoms with Gasteiger partial charge in [-0.15, -0.1) is 0 Å². The fourth-order valence-electron chi connectivity index (χ4n) is 1.21. The second kappa shape index (κ2) is 3.53. The third kappa shape index (κ3) is 1.48. The zero-order valence-corrected chi connectivity index (χ0v) is 7.68. The van der Waals surface area contributed by atoms with Crippen LogP contribution in [0.15, 0.2) is 24.8 Å². The first kappa shape index (κ1) is 8.80. The predicted molar refractivity (Wildman–Crippen MR) is 48.5 cm³/mol. The highest BCUT2D eigenvalue weighted by molar-refractivity contribution is 5.14. The molecular weight excluding hydrogens is 183 g/mol. The zero-order chi connectivity index (χ0) is 9.97. The average molecular weight is 192 g/mol. The van der Waals surface area contributed by atoms with Crippen molar-refractivity contribution < 1.29 is 4.39 Å². The number of halogens is 1. The summed E-state index contributed by atoms with van der Waals surface area (Å²) < 4.78 is 14.3. The Morgan fingerprint density at radius 2 is 2.00 bits per heavy atom. The molecule has 0 aromatic carbocycles. The molecule has 0 unspecified atom stereocenters. The molecule has 2 aromatic rings. The molecule has 2 aromatic heterocycles. The van der Waals surface area contributed by atoms with Crippen LogP contribution in [0.25, 0.3) is 5.95 Å². The van der Waals surface area contributed by atoms with Crippen LogP contribution in [0.1, 0.15) is 12.7 Å². The van der Waals surface area contributed by atoms with Gasteiger partial charge in [0.15, 0.2) is 5.82 Å². The van der Waals surface area contributed by atoms with Gasteiger partial charge < -0.3 is 0 Å². The van der Waals surface area contributed by atoms with Gasteiger partial charge in [0.05, 0.1) is 12.4 Å². The minimum atomic E-state index is -0.438. The fourth-order valence-corrected chi connectivity index (χ4v) is 1.21. The highest BCUT2D eigenvalue weighted by atomic mass is 19.1. The second-order valence-corrected chi connectivity index (χ2v) is 2.77. The number of imidazole rings is 1. The molecule has 0 aliphatic carbocycles. The van der Waals surface area contributed by atoms with Crippen molar-refractivity contribution in [3.05, 3.63) is 36.4 Å². The Kier molecular flexibility index (Phi) is 2.22. The summed E-state index contributed by atoms with van der Waals surface area (Å²) in [7, 11) is 0. The van der Waals surface area contributed by atoms with Crippen LogP contribution in [-0.4, -0.2) is 19.5 Å². The lowest BCUT2D eigenvalue weighted by atomic mass is 10.4. The molecule has 2 heterocycles. The van der Waals surface area contributed by atoms with Gasteiger partial charge in [-0.2, -0.15) is 0 Å². The van der Waals surface area contributed by atoms with Gasteiger partial charge in [-0.25, -0.2) is 19.3 Å². The van der Waals surface area contributed by atoms with Crippen molar-refractivity contribution >= 4 is 0 Å². The Bertz CT molecular complexity index is 421. The van der Waals surface area contributed by atoms with E-state index in [4.69, 9.17) is 0 Å². The maximum Gasteiger partial charge on any atom is 0.235 e. The summed E-state index contributed by atoms with van der Waals surface area (Å²) in [4.78, 5) is 11.9. The van der Waals surface area contributed by atoms with E-state index in [0.29, 0.717) is 5.95 Å². The van der Waals surface area contributed by atoms with Crippen molar-refractivity contribution in [1.29, 1.82) is 0 Å². The van der Waals surface area contributed by atoms with Crippen LogP contribution in [-0.2, 0) is 6.42 Å². The standard InChI is InChI=1S/C9H9FN4/c1-2-8-11-3-4-14(8)9-12-5-7(10)6-13-9/h3-6H,2H2,1H3. The van der Waals surface area contributed by atoms with E-state index in [1.54, 1.807) is 17.0 Å². The monoisotopic (exact) mass is 192 g/mol. The lowest BCUT2D eigenvalue weighted by molar-refractivity contribution is 0.610. The van der Waals surface area contributed by atoms with Crippen molar-refractivity contribution in [2.45, 2.75) is 13.3 Å². The number of aryl methyl sites for hydroxylation is 1. The Balaban J connectivity index is 2.44. The summed E-state index contributed by atoms with van der Waals surface area (Å²) in [6.07, 6.45) is 6.49. The molecule has 5 heteroatoms. The minimum absolute atomic E-state index is 0.438. The molecule has 2 rings (SSSR count). The van der Waals surface area contributed by atoms with Crippen LogP contribution in [0.4, 0.5) is 4.39 Å². The third-order valence-corrected chi connectivity index (χ3v) is 1.86. The van der Waals surface area contributed by atoms with Crippen LogP contribution in [0.5, 0.6) is 0 Å². The molecule has 0 amide bonds. The van der Waals surface area contributed by atoms with Crippen molar-refractivity contribution in [2.75, 3.05) is 0 Å². The molecule has 0 aliphatic rings. The minimum Gasteiger partial charge on any atom is -0.272 e. The fraction of sp³-hybridized carbons (Fsp3) is 0.222. The average Bonchev–Trinajstić information content (AvgIpc) is 2.67. The van der Waals surface area contributed by atoms with Crippen molar-refractivity contribution in [3.63, 3.8) is 0 Å². The summed E-state index contributed by atoms with van der Waals surface area (Å²) in [6, 6.07) is 0. The molecule has 0 fully saturated rings. The lowest BCUT2D eigenvalue weighted by Crippen LogP contribution is -2.04. The van der Waals surface area contributed by atoms with Crippen LogP contribution in [0.2, 0.25) is 0 Å². The van der Waals surface area contributed by atoms with Gasteiger partial charge >= 0.3 is 0 Å². The van der Waals surface area contributed by atoms with E-state index < -0.39 is 5.82 Å². The second-order valence-electron chi connectivity index (χ2n) is 2.77. The number of aromatic nitrogens is 4. The third-order valence-electron chi connectivity index (χ3n) is 1.86. The molecular formula is C9H9FN4. The van der Waals surface area contributed by atoms with Crippen molar-refractivity contribution in [1.82, 2.24) is 19.5 Å². The van der Waals surface area contributed by atoms with E-state index in [1.807, 2.05) is 6.92 Å². The van der Waals surface area contributed by atoms with Gasteiger partial charge in [0.1, 0.15) is 5.82 Å². The highest BCUT2D eigenvalue weighted by Crippen LogP contribution is 2.05. The maximum atomic E-state index is 12.6. The quantitative estimate of drug-likeness (QED) is 0.721. The molecule has 0 aliphatic heterocycles. The molecule has 0 N–H and O–H groups in total. The topological polar surface area (TPSA) is 43.6 Å². The summed E-state index contributed by atoms with van der Waals surface area (Å²) in [5, 5.41) is 0. The molecule has 0 saturated heterocycles. The summed E-state index contributed by atoms with van der Waals surface area (Å²) in [6.45, 7) is 1.99. The van der Waals surface area contributed by atoms with E-state index in [0.717, 1.165) is 24.6 Å². The normalized spacial score (nSPS) is 10.4. The molecule has 4 nitrogen and oxygen atoms in total. The molecule has 0 radical (unpaired) electrons. The number of hydrogen-bond donors (Lipinski definition) is 0. The van der Waals surface area contributed by atoms with E-state index in [1.165, 1.54) is 0 Å². The number of nitrogens with zero attached hydrogens (tertiary/aromatic N) is 4. The highest BCUT2D eigenvalue weighted by Gasteiger charge is 2.04. The Hall–Kier alpha value is -1.78. The van der Waals surface area contributed by atoms with Crippen molar-refractivity contribution in [2.24, 2.45) is 0 Å². The summed E-state index contributed by atoms with van der Waals surface area (Å²) in [5.41, 5.74) is 0. The largest absolute Gasteiger partial charge is 0.272 e. The number of hydrogen-bond acceptors (Lipinski definition) is 3. The van der Waals surface area contributed by atoms with Crippen LogP contribution in [0, 0.1) is 5.82 Å². The maximum absolute atomic E-state index is 12.6. The molecule has 72 valence electrons. The summed E-state index contributed by atoms with van der Waals surface area (Å²) in [5.74, 6) is 0.865. The van der Waals surface area contributed by atoms with Gasteiger partial charge in [0.25, 0.3) is 0 Å². The molecule has 14 heavy (non-hydrogen) atoms. The Morgan fingerprint density at radius 3 is 2.64 bits per heavy atom. The van der Waals surface area contributed by atoms with E-state index in [9.17, 15) is 4.39 Å². The van der Waals surface area contributed by atoms with Gasteiger partial charge in [0.2, 0.25) is 5.95 Å². The van der Waals surface area contributed by atoms with Gasteiger partial charge in [-0.1, -0.05) is 6.92 Å². The molecule has 0 saturated carbocycles. The Morgan fingerprint density at radius 1 is 1.29 bits per heavy atom. The molecule has 0 spiro atoms. The molecule has 0 atom stereocenters. The SMILES string of the molecule is CCc1nccn1-c1ncc(F)cn1. The van der Waals surface area contributed by atoms with Crippen LogP contribution < -0.4 is 0 Å². The van der Waals surface area contributed by atoms with Crippen molar-refractivity contribution in [3.8, 4) is 5.95 Å². The van der Waals surface area contributed by atoms with Gasteiger partial charge in [0, 0.05) is 18.8 Å². The van der Waals surface area contributed by atoms with E-state index >= 15 is 0 Å². The predicted octanol–water partition coefficient (Wildman–Crippen LogP) is 1.36. The first-order valence-corrected chi connectivity index (χ1v) is 4.31. The van der Waals surface area contributed by atoms with Gasteiger partial charge in [-0.05, 0) is 0 Å². The zero-order valence-electron chi connectivity index (χ0n) is 7.68. The van der Waals surface area contributed by atoms with Crippen LogP contribution >= 0.6 is 0 Å². The Labute approximate surface area is 80.5 Å². The van der Waals surface area contributed by atoms with Crippen LogP contribution in [0.3, 0.4) is 0 Å². The first-order chi connectivity index (χ1) is 6.81. The summed E-state index contributed by atoms with van der Waals surface area (Å²) >= 11 is 0. The van der Waals surface area contributed by atoms with E-state index in [-0.39, 0.29) is 0 Å². The molecule has 0 bridgehead atoms. The smallest absolute Gasteiger partial charge is 0.235 e. The number of rotatable bonds is 2. The lowest BCUT2D eigenvalue weighted by Gasteiger charge is -2.02.